The van der Waals surface area contributed by atoms with Gasteiger partial charge in [0.2, 0.25) is 0 Å². The lowest BCUT2D eigenvalue weighted by Gasteiger charge is -2.37. The Hall–Kier alpha value is -1.95. The van der Waals surface area contributed by atoms with E-state index in [-0.39, 0.29) is 5.69 Å². The van der Waals surface area contributed by atoms with Gasteiger partial charge in [-0.25, -0.2) is 18.7 Å². The zero-order chi connectivity index (χ0) is 17.3. The molecule has 1 aliphatic heterocycles. The van der Waals surface area contributed by atoms with Gasteiger partial charge in [0, 0.05) is 43.0 Å². The van der Waals surface area contributed by atoms with Crippen LogP contribution in [0.4, 0.5) is 20.3 Å². The summed E-state index contributed by atoms with van der Waals surface area (Å²) in [4.78, 5) is 12.4. The van der Waals surface area contributed by atoms with Crippen LogP contribution in [0, 0.1) is 13.8 Å². The Labute approximate surface area is 145 Å². The molecule has 0 spiro atoms. The van der Waals surface area contributed by atoms with Crippen LogP contribution in [0.3, 0.4) is 0 Å². The normalized spacial score (nSPS) is 15.2. The lowest BCUT2D eigenvalue weighted by Crippen LogP contribution is -2.47. The van der Waals surface area contributed by atoms with E-state index in [9.17, 15) is 8.78 Å². The van der Waals surface area contributed by atoms with E-state index in [1.807, 2.05) is 23.1 Å². The fourth-order valence-electron chi connectivity index (χ4n) is 2.95. The van der Waals surface area contributed by atoms with Gasteiger partial charge in [-0.05, 0) is 31.5 Å². The van der Waals surface area contributed by atoms with Crippen molar-refractivity contribution in [1.29, 1.82) is 0 Å². The number of anilines is 2. The first-order valence-electron chi connectivity index (χ1n) is 7.84. The highest BCUT2D eigenvalue weighted by Crippen LogP contribution is 2.27. The molecule has 24 heavy (non-hydrogen) atoms. The quantitative estimate of drug-likeness (QED) is 0.835. The van der Waals surface area contributed by atoms with Gasteiger partial charge in [-0.15, -0.1) is 0 Å². The van der Waals surface area contributed by atoms with E-state index in [0.29, 0.717) is 29.8 Å². The Balaban J connectivity index is 1.74. The van der Waals surface area contributed by atoms with Crippen LogP contribution in [0.2, 0.25) is 5.02 Å². The highest BCUT2D eigenvalue weighted by molar-refractivity contribution is 6.30. The molecule has 1 aromatic heterocycles. The van der Waals surface area contributed by atoms with Crippen LogP contribution in [-0.4, -0.2) is 36.1 Å². The van der Waals surface area contributed by atoms with E-state index in [1.54, 1.807) is 6.92 Å². The number of aryl methyl sites for hydroxylation is 2. The number of hydrogen-bond donors (Lipinski definition) is 0. The monoisotopic (exact) mass is 352 g/mol. The fourth-order valence-corrected chi connectivity index (χ4v) is 3.11. The van der Waals surface area contributed by atoms with Crippen molar-refractivity contribution in [2.45, 2.75) is 20.3 Å². The van der Waals surface area contributed by atoms with Crippen molar-refractivity contribution < 1.29 is 8.78 Å². The van der Waals surface area contributed by atoms with Crippen LogP contribution in [-0.2, 0) is 0 Å². The van der Waals surface area contributed by atoms with Crippen molar-refractivity contribution in [1.82, 2.24) is 9.97 Å². The third-order valence-corrected chi connectivity index (χ3v) is 4.42. The summed E-state index contributed by atoms with van der Waals surface area (Å²) in [7, 11) is 0. The zero-order valence-corrected chi connectivity index (χ0v) is 14.4. The van der Waals surface area contributed by atoms with Crippen LogP contribution >= 0.6 is 11.6 Å². The Bertz CT molecular complexity index is 731. The van der Waals surface area contributed by atoms with E-state index in [1.165, 1.54) is 11.6 Å². The molecule has 1 fully saturated rings. The van der Waals surface area contributed by atoms with Crippen molar-refractivity contribution in [2.75, 3.05) is 36.0 Å². The molecule has 2 aromatic rings. The molecule has 0 bridgehead atoms. The van der Waals surface area contributed by atoms with Gasteiger partial charge < -0.3 is 9.80 Å². The van der Waals surface area contributed by atoms with Crippen LogP contribution in [0.25, 0.3) is 0 Å². The maximum atomic E-state index is 12.9. The molecule has 0 aliphatic carbocycles. The molecule has 4 nitrogen and oxygen atoms in total. The van der Waals surface area contributed by atoms with Gasteiger partial charge in [0.15, 0.2) is 0 Å². The standard InChI is InChI=1S/C17H19ClF2N4/c1-11-3-4-13(18)9-15(11)23-5-7-24(8-6-23)16-10-14(17(19)20)21-12(2)22-16/h3-4,9-10,17H,5-8H2,1-2H3. The molecule has 1 aliphatic rings. The van der Waals surface area contributed by atoms with E-state index < -0.39 is 6.43 Å². The summed E-state index contributed by atoms with van der Waals surface area (Å²) < 4.78 is 25.9. The van der Waals surface area contributed by atoms with Crippen molar-refractivity contribution in [3.05, 3.63) is 46.4 Å². The van der Waals surface area contributed by atoms with Gasteiger partial charge in [0.05, 0.1) is 0 Å². The first-order valence-corrected chi connectivity index (χ1v) is 8.21. The SMILES string of the molecule is Cc1nc(C(F)F)cc(N2CCN(c3cc(Cl)ccc3C)CC2)n1. The minimum atomic E-state index is -2.58. The number of benzene rings is 1. The third kappa shape index (κ3) is 3.59. The van der Waals surface area contributed by atoms with Crippen LogP contribution in [0.5, 0.6) is 0 Å². The second-order valence-corrected chi connectivity index (χ2v) is 6.34. The number of nitrogens with zero attached hydrogens (tertiary/aromatic N) is 4. The maximum absolute atomic E-state index is 12.9. The predicted octanol–water partition coefficient (Wildman–Crippen LogP) is 4.01. The maximum Gasteiger partial charge on any atom is 0.280 e. The van der Waals surface area contributed by atoms with Gasteiger partial charge in [0.25, 0.3) is 6.43 Å². The second kappa shape index (κ2) is 6.89. The summed E-state index contributed by atoms with van der Waals surface area (Å²) in [6.07, 6.45) is -2.58. The molecule has 7 heteroatoms. The number of rotatable bonds is 3. The van der Waals surface area contributed by atoms with Gasteiger partial charge in [-0.2, -0.15) is 0 Å². The molecule has 0 radical (unpaired) electrons. The molecule has 2 heterocycles. The molecule has 3 rings (SSSR count). The Morgan fingerprint density at radius 2 is 1.67 bits per heavy atom. The molecule has 1 aromatic carbocycles. The van der Waals surface area contributed by atoms with Crippen LogP contribution in [0.1, 0.15) is 23.5 Å². The molecule has 0 saturated carbocycles. The van der Waals surface area contributed by atoms with Gasteiger partial charge in [-0.1, -0.05) is 17.7 Å². The number of aromatic nitrogens is 2. The smallest absolute Gasteiger partial charge is 0.280 e. The average Bonchev–Trinajstić information content (AvgIpc) is 2.56. The average molecular weight is 353 g/mol. The highest BCUT2D eigenvalue weighted by atomic mass is 35.5. The first kappa shape index (κ1) is 16.9. The summed E-state index contributed by atoms with van der Waals surface area (Å²) in [5, 5.41) is 0.714. The van der Waals surface area contributed by atoms with Crippen molar-refractivity contribution in [2.24, 2.45) is 0 Å². The summed E-state index contributed by atoms with van der Waals surface area (Å²) in [5.74, 6) is 0.941. The number of hydrogen-bond acceptors (Lipinski definition) is 4. The predicted molar refractivity (Wildman–Crippen MR) is 92.3 cm³/mol. The van der Waals surface area contributed by atoms with Crippen molar-refractivity contribution >= 4 is 23.1 Å². The summed E-state index contributed by atoms with van der Waals surface area (Å²) in [6.45, 7) is 6.69. The van der Waals surface area contributed by atoms with E-state index in [2.05, 4.69) is 21.8 Å². The Morgan fingerprint density at radius 1 is 1.00 bits per heavy atom. The largest absolute Gasteiger partial charge is 0.368 e. The summed E-state index contributed by atoms with van der Waals surface area (Å²) in [5.41, 5.74) is 2.07. The highest BCUT2D eigenvalue weighted by Gasteiger charge is 2.21. The Kier molecular flexibility index (Phi) is 4.85. The third-order valence-electron chi connectivity index (χ3n) is 4.18. The van der Waals surface area contributed by atoms with Crippen LogP contribution in [0.15, 0.2) is 24.3 Å². The van der Waals surface area contributed by atoms with Gasteiger partial charge >= 0.3 is 0 Å². The lowest BCUT2D eigenvalue weighted by molar-refractivity contribution is 0.145. The van der Waals surface area contributed by atoms with Crippen molar-refractivity contribution in [3.63, 3.8) is 0 Å². The summed E-state index contributed by atoms with van der Waals surface area (Å²) >= 11 is 6.10. The Morgan fingerprint density at radius 3 is 2.33 bits per heavy atom. The van der Waals surface area contributed by atoms with Gasteiger partial charge in [0.1, 0.15) is 17.3 Å². The molecule has 0 N–H and O–H groups in total. The van der Waals surface area contributed by atoms with E-state index >= 15 is 0 Å². The molecular formula is C17H19ClF2N4. The van der Waals surface area contributed by atoms with E-state index in [0.717, 1.165) is 18.8 Å². The second-order valence-electron chi connectivity index (χ2n) is 5.90. The minimum absolute atomic E-state index is 0.217. The van der Waals surface area contributed by atoms with Crippen molar-refractivity contribution in [3.8, 4) is 0 Å². The molecule has 0 atom stereocenters. The molecule has 0 amide bonds. The molecular weight excluding hydrogens is 334 g/mol. The first-order chi connectivity index (χ1) is 11.4. The number of halogens is 3. The summed E-state index contributed by atoms with van der Waals surface area (Å²) in [6, 6.07) is 7.24. The zero-order valence-electron chi connectivity index (χ0n) is 13.6. The lowest BCUT2D eigenvalue weighted by atomic mass is 10.1. The number of alkyl halides is 2. The topological polar surface area (TPSA) is 32.3 Å². The number of piperazine rings is 1. The van der Waals surface area contributed by atoms with E-state index in [4.69, 9.17) is 11.6 Å². The fraction of sp³-hybridized carbons (Fsp3) is 0.412. The molecule has 1 saturated heterocycles. The minimum Gasteiger partial charge on any atom is -0.368 e. The van der Waals surface area contributed by atoms with Crippen LogP contribution < -0.4 is 9.80 Å². The van der Waals surface area contributed by atoms with Gasteiger partial charge in [-0.3, -0.25) is 0 Å². The molecule has 128 valence electrons. The molecule has 0 unspecified atom stereocenters.